The molecule has 2 amide bonds. The van der Waals surface area contributed by atoms with E-state index in [1.165, 1.54) is 6.26 Å². The molecule has 2 atom stereocenters. The van der Waals surface area contributed by atoms with E-state index in [1.54, 1.807) is 11.8 Å². The highest BCUT2D eigenvalue weighted by Gasteiger charge is 2.25. The smallest absolute Gasteiger partial charge is 0.318 e. The van der Waals surface area contributed by atoms with Crippen molar-refractivity contribution in [1.82, 2.24) is 10.2 Å². The summed E-state index contributed by atoms with van der Waals surface area (Å²) in [6.45, 7) is 8.17. The first kappa shape index (κ1) is 19.5. The van der Waals surface area contributed by atoms with Gasteiger partial charge in [-0.25, -0.2) is 13.2 Å². The Bertz CT molecular complexity index is 600. The van der Waals surface area contributed by atoms with Crippen LogP contribution < -0.4 is 5.32 Å². The van der Waals surface area contributed by atoms with Crippen LogP contribution in [0.2, 0.25) is 0 Å². The molecule has 0 aromatic heterocycles. The topological polar surface area (TPSA) is 66.5 Å². The predicted molar refractivity (Wildman–Crippen MR) is 94.1 cm³/mol. The molecule has 5 nitrogen and oxygen atoms in total. The number of sulfone groups is 1. The third-order valence-electron chi connectivity index (χ3n) is 3.78. The van der Waals surface area contributed by atoms with Crippen molar-refractivity contribution in [3.05, 3.63) is 35.9 Å². The summed E-state index contributed by atoms with van der Waals surface area (Å²) in [4.78, 5) is 14.2. The minimum absolute atomic E-state index is 0.0358. The Kier molecular flexibility index (Phi) is 7.06. The lowest BCUT2D eigenvalue weighted by Gasteiger charge is -2.31. The molecule has 0 aliphatic heterocycles. The Balaban J connectivity index is 2.88. The lowest BCUT2D eigenvalue weighted by atomic mass is 9.96. The summed E-state index contributed by atoms with van der Waals surface area (Å²) >= 11 is 0. The Morgan fingerprint density at radius 3 is 2.17 bits per heavy atom. The number of amides is 2. The van der Waals surface area contributed by atoms with Gasteiger partial charge in [0.2, 0.25) is 0 Å². The molecule has 23 heavy (non-hydrogen) atoms. The average Bonchev–Trinajstić information content (AvgIpc) is 2.44. The third-order valence-corrected chi connectivity index (χ3v) is 4.87. The fraction of sp³-hybridized carbons (Fsp3) is 0.588. The molecule has 0 saturated carbocycles. The Morgan fingerprint density at radius 2 is 1.74 bits per heavy atom. The van der Waals surface area contributed by atoms with Gasteiger partial charge in [0, 0.05) is 18.8 Å². The first-order valence-corrected chi connectivity index (χ1v) is 10.0. The van der Waals surface area contributed by atoms with Gasteiger partial charge in [0.15, 0.2) is 0 Å². The first-order valence-electron chi connectivity index (χ1n) is 7.95. The highest BCUT2D eigenvalue weighted by molar-refractivity contribution is 7.90. The molecule has 0 aliphatic carbocycles. The maximum absolute atomic E-state index is 12.6. The number of rotatable bonds is 7. The molecule has 1 rings (SSSR count). The lowest BCUT2D eigenvalue weighted by Crippen LogP contribution is -2.48. The normalized spacial score (nSPS) is 14.3. The van der Waals surface area contributed by atoms with Crippen molar-refractivity contribution in [3.8, 4) is 0 Å². The van der Waals surface area contributed by atoms with Crippen LogP contribution in [0.25, 0.3) is 0 Å². The van der Waals surface area contributed by atoms with Crippen LogP contribution in [0, 0.1) is 5.92 Å². The number of carbonyl (C=O) groups excluding carboxylic acids is 1. The van der Waals surface area contributed by atoms with Gasteiger partial charge in [-0.2, -0.15) is 0 Å². The number of urea groups is 1. The third kappa shape index (κ3) is 6.22. The zero-order valence-corrected chi connectivity index (χ0v) is 15.4. The van der Waals surface area contributed by atoms with E-state index in [2.05, 4.69) is 5.32 Å². The summed E-state index contributed by atoms with van der Waals surface area (Å²) in [6.07, 6.45) is 1.19. The van der Waals surface area contributed by atoms with Gasteiger partial charge in [0.25, 0.3) is 0 Å². The van der Waals surface area contributed by atoms with Gasteiger partial charge < -0.3 is 10.2 Å². The maximum Gasteiger partial charge on any atom is 0.318 e. The van der Waals surface area contributed by atoms with Gasteiger partial charge in [-0.15, -0.1) is 0 Å². The highest BCUT2D eigenvalue weighted by atomic mass is 32.2. The maximum atomic E-state index is 12.6. The van der Waals surface area contributed by atoms with Crippen LogP contribution in [0.3, 0.4) is 0 Å². The molecule has 1 aromatic rings. The van der Waals surface area contributed by atoms with Gasteiger partial charge in [-0.3, -0.25) is 0 Å². The summed E-state index contributed by atoms with van der Waals surface area (Å²) in [6, 6.07) is 9.10. The quantitative estimate of drug-likeness (QED) is 0.830. The zero-order valence-electron chi connectivity index (χ0n) is 14.6. The predicted octanol–water partition coefficient (Wildman–Crippen LogP) is 2.85. The van der Waals surface area contributed by atoms with Crippen molar-refractivity contribution in [1.29, 1.82) is 0 Å². The molecule has 0 spiro atoms. The second-order valence-electron chi connectivity index (χ2n) is 6.31. The Morgan fingerprint density at radius 1 is 1.17 bits per heavy atom. The molecule has 0 fully saturated rings. The minimum Gasteiger partial charge on any atom is -0.331 e. The molecule has 6 heteroatoms. The van der Waals surface area contributed by atoms with Crippen LogP contribution in [0.15, 0.2) is 30.3 Å². The van der Waals surface area contributed by atoms with E-state index in [-0.39, 0.29) is 29.8 Å². The first-order chi connectivity index (χ1) is 10.7. The van der Waals surface area contributed by atoms with Crippen molar-refractivity contribution < 1.29 is 13.2 Å². The largest absolute Gasteiger partial charge is 0.331 e. The number of benzene rings is 1. The van der Waals surface area contributed by atoms with Crippen molar-refractivity contribution in [3.63, 3.8) is 0 Å². The van der Waals surface area contributed by atoms with E-state index < -0.39 is 9.84 Å². The van der Waals surface area contributed by atoms with Crippen LogP contribution >= 0.6 is 0 Å². The number of carbonyl (C=O) groups is 1. The number of hydrogen-bond acceptors (Lipinski definition) is 3. The lowest BCUT2D eigenvalue weighted by molar-refractivity contribution is 0.180. The SMILES string of the molecule is CCN(C(=O)N[C@@H](c1ccccc1)C(C)C)[C@@H](C)CS(C)(=O)=O. The molecule has 0 bridgehead atoms. The molecular formula is C17H28N2O3S. The van der Waals surface area contributed by atoms with Crippen LogP contribution in [0.4, 0.5) is 4.79 Å². The van der Waals surface area contributed by atoms with Crippen LogP contribution in [-0.2, 0) is 9.84 Å². The molecule has 0 saturated heterocycles. The molecule has 0 aliphatic rings. The van der Waals surface area contributed by atoms with E-state index in [4.69, 9.17) is 0 Å². The summed E-state index contributed by atoms with van der Waals surface area (Å²) in [5, 5.41) is 3.04. The Labute approximate surface area is 140 Å². The number of nitrogens with zero attached hydrogens (tertiary/aromatic N) is 1. The van der Waals surface area contributed by atoms with Crippen LogP contribution in [0.1, 0.15) is 39.3 Å². The molecule has 1 N–H and O–H groups in total. The van der Waals surface area contributed by atoms with E-state index in [0.717, 1.165) is 5.56 Å². The average molecular weight is 340 g/mol. The van der Waals surface area contributed by atoms with Gasteiger partial charge in [0.1, 0.15) is 9.84 Å². The van der Waals surface area contributed by atoms with Gasteiger partial charge in [0.05, 0.1) is 11.8 Å². The second-order valence-corrected chi connectivity index (χ2v) is 8.49. The summed E-state index contributed by atoms with van der Waals surface area (Å²) in [7, 11) is -3.13. The highest BCUT2D eigenvalue weighted by Crippen LogP contribution is 2.21. The molecule has 0 heterocycles. The molecule has 130 valence electrons. The monoisotopic (exact) mass is 340 g/mol. The molecular weight excluding hydrogens is 312 g/mol. The van der Waals surface area contributed by atoms with E-state index in [0.29, 0.717) is 6.54 Å². The van der Waals surface area contributed by atoms with Gasteiger partial charge >= 0.3 is 6.03 Å². The van der Waals surface area contributed by atoms with Crippen molar-refractivity contribution >= 4 is 15.9 Å². The van der Waals surface area contributed by atoms with Crippen molar-refractivity contribution in [2.75, 3.05) is 18.6 Å². The van der Waals surface area contributed by atoms with Gasteiger partial charge in [-0.1, -0.05) is 44.2 Å². The fourth-order valence-electron chi connectivity index (χ4n) is 2.69. The number of nitrogens with one attached hydrogen (secondary N) is 1. The van der Waals surface area contributed by atoms with E-state index in [1.807, 2.05) is 51.1 Å². The standard InChI is InChI=1S/C17H28N2O3S/c1-6-19(14(4)12-23(5,21)22)17(20)18-16(13(2)3)15-10-8-7-9-11-15/h7-11,13-14,16H,6,12H2,1-5H3,(H,18,20)/t14-,16+/m0/s1. The van der Waals surface area contributed by atoms with Crippen molar-refractivity contribution in [2.45, 2.75) is 39.8 Å². The fourth-order valence-corrected chi connectivity index (χ4v) is 3.75. The summed E-state index contributed by atoms with van der Waals surface area (Å²) in [5.74, 6) is 0.191. The minimum atomic E-state index is -3.13. The van der Waals surface area contributed by atoms with Crippen LogP contribution in [0.5, 0.6) is 0 Å². The van der Waals surface area contributed by atoms with Crippen molar-refractivity contribution in [2.24, 2.45) is 5.92 Å². The number of hydrogen-bond donors (Lipinski definition) is 1. The molecule has 0 unspecified atom stereocenters. The summed E-state index contributed by atoms with van der Waals surface area (Å²) in [5.41, 5.74) is 1.04. The van der Waals surface area contributed by atoms with Crippen LogP contribution in [-0.4, -0.2) is 43.9 Å². The molecule has 1 aromatic carbocycles. The molecule has 0 radical (unpaired) electrons. The summed E-state index contributed by atoms with van der Waals surface area (Å²) < 4.78 is 23.0. The second kappa shape index (κ2) is 8.34. The Hall–Kier alpha value is -1.56. The van der Waals surface area contributed by atoms with E-state index in [9.17, 15) is 13.2 Å². The van der Waals surface area contributed by atoms with Gasteiger partial charge in [-0.05, 0) is 25.3 Å². The van der Waals surface area contributed by atoms with E-state index >= 15 is 0 Å². The zero-order chi connectivity index (χ0) is 17.6.